The molecular weight excluding hydrogens is 176 g/mol. The molecule has 0 N–H and O–H groups in total. The van der Waals surface area contributed by atoms with Crippen molar-refractivity contribution in [3.8, 4) is 0 Å². The summed E-state index contributed by atoms with van der Waals surface area (Å²) in [5, 5.41) is 0. The van der Waals surface area contributed by atoms with Gasteiger partial charge in [-0.25, -0.2) is 0 Å². The van der Waals surface area contributed by atoms with E-state index in [0.717, 1.165) is 19.3 Å². The van der Waals surface area contributed by atoms with Crippen molar-refractivity contribution in [1.82, 2.24) is 0 Å². The summed E-state index contributed by atoms with van der Waals surface area (Å²) in [5.41, 5.74) is -0.158. The lowest BCUT2D eigenvalue weighted by Gasteiger charge is -2.31. The molecule has 0 aromatic heterocycles. The van der Waals surface area contributed by atoms with Crippen LogP contribution in [0.5, 0.6) is 0 Å². The van der Waals surface area contributed by atoms with Crippen LogP contribution in [0.4, 0.5) is 0 Å². The van der Waals surface area contributed by atoms with Gasteiger partial charge in [0.2, 0.25) is 0 Å². The summed E-state index contributed by atoms with van der Waals surface area (Å²) < 4.78 is 4.94. The summed E-state index contributed by atoms with van der Waals surface area (Å²) in [5.74, 6) is 0.0156. The molecule has 1 aliphatic rings. The molecule has 1 saturated carbocycles. The van der Waals surface area contributed by atoms with Gasteiger partial charge in [0.25, 0.3) is 0 Å². The van der Waals surface area contributed by atoms with E-state index in [0.29, 0.717) is 0 Å². The first-order valence-corrected chi connectivity index (χ1v) is 5.83. The highest BCUT2D eigenvalue weighted by atomic mass is 16.5. The molecule has 2 heteroatoms. The maximum Gasteiger partial charge on any atom is 0.311 e. The van der Waals surface area contributed by atoms with Crippen molar-refractivity contribution in [3.63, 3.8) is 0 Å². The van der Waals surface area contributed by atoms with Gasteiger partial charge >= 0.3 is 5.97 Å². The molecule has 0 radical (unpaired) electrons. The third kappa shape index (κ3) is 2.49. The molecule has 0 saturated heterocycles. The highest BCUT2D eigenvalue weighted by Gasteiger charge is 2.36. The monoisotopic (exact) mass is 198 g/mol. The van der Waals surface area contributed by atoms with Gasteiger partial charge in [0, 0.05) is 0 Å². The van der Waals surface area contributed by atoms with Crippen LogP contribution < -0.4 is 0 Å². The van der Waals surface area contributed by atoms with Gasteiger partial charge in [-0.15, -0.1) is 0 Å². The number of ether oxygens (including phenoxy) is 1. The van der Waals surface area contributed by atoms with Crippen LogP contribution in [0.2, 0.25) is 0 Å². The second-order valence-corrected chi connectivity index (χ2v) is 4.39. The average Bonchev–Trinajstić information content (AvgIpc) is 2.18. The maximum atomic E-state index is 11.8. The first kappa shape index (κ1) is 11.5. The van der Waals surface area contributed by atoms with E-state index >= 15 is 0 Å². The van der Waals surface area contributed by atoms with Gasteiger partial charge in [-0.1, -0.05) is 39.0 Å². The Morgan fingerprint density at radius 2 is 1.64 bits per heavy atom. The molecule has 0 aromatic rings. The first-order valence-electron chi connectivity index (χ1n) is 5.83. The van der Waals surface area contributed by atoms with Crippen LogP contribution in [0, 0.1) is 5.41 Å². The quantitative estimate of drug-likeness (QED) is 0.636. The molecule has 0 bridgehead atoms. The van der Waals surface area contributed by atoms with Gasteiger partial charge < -0.3 is 4.74 Å². The standard InChI is InChI=1S/C12H22O2/c1-3-12(11(13)14-2)9-7-5-4-6-8-10-12/h3-10H2,1-2H3. The zero-order valence-corrected chi connectivity index (χ0v) is 9.47. The predicted octanol–water partition coefficient (Wildman–Crippen LogP) is 3.30. The van der Waals surface area contributed by atoms with Crippen molar-refractivity contribution in [1.29, 1.82) is 0 Å². The number of esters is 1. The topological polar surface area (TPSA) is 26.3 Å². The Balaban J connectivity index is 2.67. The van der Waals surface area contributed by atoms with Crippen LogP contribution in [0.3, 0.4) is 0 Å². The zero-order valence-electron chi connectivity index (χ0n) is 9.47. The molecule has 0 heterocycles. The minimum Gasteiger partial charge on any atom is -0.469 e. The molecule has 1 aliphatic carbocycles. The fourth-order valence-electron chi connectivity index (χ4n) is 2.50. The van der Waals surface area contributed by atoms with Crippen LogP contribution in [0.1, 0.15) is 58.3 Å². The van der Waals surface area contributed by atoms with Gasteiger partial charge in [0.1, 0.15) is 0 Å². The highest BCUT2D eigenvalue weighted by Crippen LogP contribution is 2.38. The van der Waals surface area contributed by atoms with E-state index in [-0.39, 0.29) is 11.4 Å². The summed E-state index contributed by atoms with van der Waals surface area (Å²) in [6.07, 6.45) is 9.23. The Morgan fingerprint density at radius 1 is 1.14 bits per heavy atom. The fraction of sp³-hybridized carbons (Fsp3) is 0.917. The van der Waals surface area contributed by atoms with E-state index in [1.54, 1.807) is 0 Å². The lowest BCUT2D eigenvalue weighted by atomic mass is 9.74. The van der Waals surface area contributed by atoms with E-state index in [1.165, 1.54) is 39.2 Å². The Labute approximate surface area is 87.0 Å². The van der Waals surface area contributed by atoms with Gasteiger partial charge in [-0.2, -0.15) is 0 Å². The van der Waals surface area contributed by atoms with Crippen molar-refractivity contribution >= 4 is 5.97 Å². The zero-order chi connectivity index (χ0) is 10.4. The lowest BCUT2D eigenvalue weighted by Crippen LogP contribution is -2.32. The summed E-state index contributed by atoms with van der Waals surface area (Å²) in [7, 11) is 1.51. The third-order valence-corrected chi connectivity index (χ3v) is 3.61. The van der Waals surface area contributed by atoms with Crippen molar-refractivity contribution in [2.24, 2.45) is 5.41 Å². The largest absolute Gasteiger partial charge is 0.469 e. The van der Waals surface area contributed by atoms with Crippen molar-refractivity contribution in [2.75, 3.05) is 7.11 Å². The number of methoxy groups -OCH3 is 1. The fourth-order valence-corrected chi connectivity index (χ4v) is 2.50. The molecule has 0 unspecified atom stereocenters. The van der Waals surface area contributed by atoms with Crippen molar-refractivity contribution in [2.45, 2.75) is 58.3 Å². The molecule has 1 fully saturated rings. The van der Waals surface area contributed by atoms with Crippen LogP contribution in [-0.2, 0) is 9.53 Å². The summed E-state index contributed by atoms with van der Waals surface area (Å²) in [6, 6.07) is 0. The molecule has 2 nitrogen and oxygen atoms in total. The molecule has 0 aliphatic heterocycles. The second kappa shape index (κ2) is 5.38. The molecule has 0 aromatic carbocycles. The number of carbonyl (C=O) groups excluding carboxylic acids is 1. The molecule has 0 atom stereocenters. The molecule has 1 rings (SSSR count). The van der Waals surface area contributed by atoms with E-state index in [9.17, 15) is 4.79 Å². The van der Waals surface area contributed by atoms with Crippen LogP contribution in [-0.4, -0.2) is 13.1 Å². The Kier molecular flexibility index (Phi) is 4.43. The van der Waals surface area contributed by atoms with E-state index in [4.69, 9.17) is 4.74 Å². The van der Waals surface area contributed by atoms with E-state index in [1.807, 2.05) is 0 Å². The van der Waals surface area contributed by atoms with Crippen LogP contribution >= 0.6 is 0 Å². The molecule has 0 amide bonds. The predicted molar refractivity (Wildman–Crippen MR) is 57.1 cm³/mol. The van der Waals surface area contributed by atoms with Gasteiger partial charge in [-0.3, -0.25) is 4.79 Å². The van der Waals surface area contributed by atoms with E-state index in [2.05, 4.69) is 6.92 Å². The normalized spacial score (nSPS) is 22.1. The second-order valence-electron chi connectivity index (χ2n) is 4.39. The van der Waals surface area contributed by atoms with Crippen LogP contribution in [0.15, 0.2) is 0 Å². The summed E-state index contributed by atoms with van der Waals surface area (Å²) in [4.78, 5) is 11.8. The molecule has 14 heavy (non-hydrogen) atoms. The molecule has 0 spiro atoms. The van der Waals surface area contributed by atoms with Gasteiger partial charge in [-0.05, 0) is 19.3 Å². The minimum absolute atomic E-state index is 0.0156. The Bertz CT molecular complexity index is 179. The van der Waals surface area contributed by atoms with Gasteiger partial charge in [0.05, 0.1) is 12.5 Å². The first-order chi connectivity index (χ1) is 6.75. The van der Waals surface area contributed by atoms with Crippen molar-refractivity contribution in [3.05, 3.63) is 0 Å². The van der Waals surface area contributed by atoms with Gasteiger partial charge in [0.15, 0.2) is 0 Å². The molecular formula is C12H22O2. The average molecular weight is 198 g/mol. The number of hydrogen-bond donors (Lipinski definition) is 0. The minimum atomic E-state index is -0.158. The van der Waals surface area contributed by atoms with Crippen LogP contribution in [0.25, 0.3) is 0 Å². The number of hydrogen-bond acceptors (Lipinski definition) is 2. The van der Waals surface area contributed by atoms with E-state index < -0.39 is 0 Å². The SMILES string of the molecule is CCC1(C(=O)OC)CCCCCCC1. The summed E-state index contributed by atoms with van der Waals surface area (Å²) in [6.45, 7) is 2.11. The number of carbonyl (C=O) groups is 1. The van der Waals surface area contributed by atoms with Crippen molar-refractivity contribution < 1.29 is 9.53 Å². The number of rotatable bonds is 2. The maximum absolute atomic E-state index is 11.8. The lowest BCUT2D eigenvalue weighted by molar-refractivity contribution is -0.154. The Hall–Kier alpha value is -0.530. The molecule has 82 valence electrons. The summed E-state index contributed by atoms with van der Waals surface area (Å²) >= 11 is 0. The Morgan fingerprint density at radius 3 is 2.07 bits per heavy atom. The third-order valence-electron chi connectivity index (χ3n) is 3.61. The smallest absolute Gasteiger partial charge is 0.311 e. The highest BCUT2D eigenvalue weighted by molar-refractivity contribution is 5.76.